The van der Waals surface area contributed by atoms with Gasteiger partial charge in [0.2, 0.25) is 0 Å². The van der Waals surface area contributed by atoms with E-state index in [-0.39, 0.29) is 32.6 Å². The fourth-order valence-corrected chi connectivity index (χ4v) is 3.00. The van der Waals surface area contributed by atoms with E-state index in [0.29, 0.717) is 10.0 Å². The smallest absolute Gasteiger partial charge is 0.293 e. The molecule has 0 aliphatic carbocycles. The van der Waals surface area contributed by atoms with Crippen molar-refractivity contribution in [2.24, 2.45) is 0 Å². The summed E-state index contributed by atoms with van der Waals surface area (Å²) in [6.07, 6.45) is 1.52. The van der Waals surface area contributed by atoms with Crippen LogP contribution in [0.2, 0.25) is 5.02 Å². The second kappa shape index (κ2) is 5.67. The molecule has 0 bridgehead atoms. The van der Waals surface area contributed by atoms with Gasteiger partial charge in [-0.25, -0.2) is 0 Å². The van der Waals surface area contributed by atoms with Crippen molar-refractivity contribution in [2.45, 2.75) is 0 Å². The predicted molar refractivity (Wildman–Crippen MR) is 81.1 cm³/mol. The summed E-state index contributed by atoms with van der Waals surface area (Å²) >= 11 is 10.1. The van der Waals surface area contributed by atoms with Crippen molar-refractivity contribution in [1.82, 2.24) is 4.90 Å². The molecule has 0 unspecified atom stereocenters. The number of rotatable bonds is 2. The molecule has 106 valence electrons. The van der Waals surface area contributed by atoms with E-state index < -0.39 is 0 Å². The minimum atomic E-state index is -0.380. The second-order valence-electron chi connectivity index (χ2n) is 3.89. The lowest BCUT2D eigenvalue weighted by Crippen LogP contribution is -2.22. The summed E-state index contributed by atoms with van der Waals surface area (Å²) in [5.41, 5.74) is 0.531. The molecule has 8 heteroatoms. The molecule has 1 aliphatic heterocycles. The summed E-state index contributed by atoms with van der Waals surface area (Å²) in [6, 6.07) is 1.52. The lowest BCUT2D eigenvalue weighted by molar-refractivity contribution is -0.121. The Bertz CT molecular complexity index is 647. The minimum Gasteiger partial charge on any atom is -0.503 e. The van der Waals surface area contributed by atoms with Crippen LogP contribution >= 0.6 is 39.3 Å². The van der Waals surface area contributed by atoms with Gasteiger partial charge in [0.1, 0.15) is 5.02 Å². The van der Waals surface area contributed by atoms with E-state index in [1.165, 1.54) is 26.3 Å². The third-order valence-electron chi connectivity index (χ3n) is 2.67. The molecule has 0 spiro atoms. The molecule has 1 N–H and O–H groups in total. The Labute approximate surface area is 132 Å². The number of ether oxygens (including phenoxy) is 1. The average molecular weight is 379 g/mol. The largest absolute Gasteiger partial charge is 0.503 e. The van der Waals surface area contributed by atoms with Gasteiger partial charge in [-0.1, -0.05) is 11.6 Å². The van der Waals surface area contributed by atoms with Crippen LogP contribution in [-0.4, -0.2) is 35.3 Å². The highest BCUT2D eigenvalue weighted by atomic mass is 79.9. The fourth-order valence-electron chi connectivity index (χ4n) is 1.56. The normalized spacial score (nSPS) is 17.2. The van der Waals surface area contributed by atoms with Gasteiger partial charge in [0.15, 0.2) is 11.5 Å². The highest BCUT2D eigenvalue weighted by Crippen LogP contribution is 2.43. The maximum absolute atomic E-state index is 11.8. The highest BCUT2D eigenvalue weighted by Gasteiger charge is 2.32. The van der Waals surface area contributed by atoms with Gasteiger partial charge in [0, 0.05) is 11.5 Å². The number of amides is 2. The summed E-state index contributed by atoms with van der Waals surface area (Å²) in [6.45, 7) is 0. The number of methoxy groups -OCH3 is 1. The van der Waals surface area contributed by atoms with Crippen LogP contribution in [0.3, 0.4) is 0 Å². The van der Waals surface area contributed by atoms with Crippen LogP contribution in [0, 0.1) is 0 Å². The first-order valence-electron chi connectivity index (χ1n) is 5.33. The Morgan fingerprint density at radius 2 is 2.15 bits per heavy atom. The van der Waals surface area contributed by atoms with E-state index in [1.54, 1.807) is 0 Å². The molecule has 20 heavy (non-hydrogen) atoms. The summed E-state index contributed by atoms with van der Waals surface area (Å²) < 4.78 is 5.42. The van der Waals surface area contributed by atoms with E-state index in [9.17, 15) is 14.7 Å². The van der Waals surface area contributed by atoms with Gasteiger partial charge in [-0.05, 0) is 45.4 Å². The number of likely N-dealkylation sites (N-methyl/N-ethyl adjacent to an activating group) is 1. The number of nitrogens with zero attached hydrogens (tertiary/aromatic N) is 1. The molecule has 5 nitrogen and oxygen atoms in total. The number of phenolic OH excluding ortho intramolecular Hbond substituents is 1. The predicted octanol–water partition coefficient (Wildman–Crippen LogP) is 3.48. The molecule has 1 aromatic rings. The maximum Gasteiger partial charge on any atom is 0.293 e. The number of aromatic hydroxyl groups is 1. The van der Waals surface area contributed by atoms with E-state index in [0.717, 1.165) is 16.7 Å². The molecular formula is C12H9BrClNO4S. The van der Waals surface area contributed by atoms with Gasteiger partial charge in [-0.2, -0.15) is 0 Å². The van der Waals surface area contributed by atoms with Crippen molar-refractivity contribution in [3.8, 4) is 11.5 Å². The van der Waals surface area contributed by atoms with Crippen LogP contribution in [0.5, 0.6) is 11.5 Å². The third kappa shape index (κ3) is 2.53. The number of imide groups is 1. The molecule has 1 heterocycles. The molecule has 2 rings (SSSR count). The minimum absolute atomic E-state index is 0.0753. The molecule has 1 fully saturated rings. The summed E-state index contributed by atoms with van der Waals surface area (Å²) in [4.78, 5) is 24.6. The Morgan fingerprint density at radius 1 is 1.50 bits per heavy atom. The number of hydrogen-bond donors (Lipinski definition) is 1. The third-order valence-corrected chi connectivity index (χ3v) is 5.08. The first kappa shape index (κ1) is 15.2. The lowest BCUT2D eigenvalue weighted by Gasteiger charge is -2.09. The summed E-state index contributed by atoms with van der Waals surface area (Å²) in [5, 5.41) is 9.49. The zero-order valence-electron chi connectivity index (χ0n) is 10.4. The van der Waals surface area contributed by atoms with Crippen LogP contribution in [0.4, 0.5) is 4.79 Å². The van der Waals surface area contributed by atoms with Gasteiger partial charge in [0.25, 0.3) is 11.1 Å². The molecule has 1 saturated heterocycles. The summed E-state index contributed by atoms with van der Waals surface area (Å²) in [5.74, 6) is -0.392. The van der Waals surface area contributed by atoms with Gasteiger partial charge >= 0.3 is 0 Å². The Morgan fingerprint density at radius 3 is 2.65 bits per heavy atom. The molecule has 1 aliphatic rings. The van der Waals surface area contributed by atoms with E-state index >= 15 is 0 Å². The number of carbonyl (C=O) groups excluding carboxylic acids is 2. The zero-order chi connectivity index (χ0) is 15.0. The fraction of sp³-hybridized carbons (Fsp3) is 0.167. The van der Waals surface area contributed by atoms with Crippen molar-refractivity contribution in [3.63, 3.8) is 0 Å². The van der Waals surface area contributed by atoms with Crippen molar-refractivity contribution < 1.29 is 19.4 Å². The van der Waals surface area contributed by atoms with Gasteiger partial charge < -0.3 is 9.84 Å². The second-order valence-corrected chi connectivity index (χ2v) is 6.05. The van der Waals surface area contributed by atoms with E-state index in [4.69, 9.17) is 16.3 Å². The average Bonchev–Trinajstić information content (AvgIpc) is 2.67. The van der Waals surface area contributed by atoms with Crippen molar-refractivity contribution in [1.29, 1.82) is 0 Å². The van der Waals surface area contributed by atoms with Crippen LogP contribution < -0.4 is 4.74 Å². The van der Waals surface area contributed by atoms with Crippen LogP contribution in [0.15, 0.2) is 15.4 Å². The topological polar surface area (TPSA) is 66.8 Å². The molecule has 0 saturated carbocycles. The first-order chi connectivity index (χ1) is 9.36. The standard InChI is InChI=1S/C12H9BrClNO4S/c1-15-11(17)7(20-12(15)18)4-5-3-6(19-2)10(16)9(14)8(5)13/h3-4,16H,1-2H3/b7-4-. The van der Waals surface area contributed by atoms with Crippen LogP contribution in [0.25, 0.3) is 6.08 Å². The van der Waals surface area contributed by atoms with Gasteiger partial charge in [-0.15, -0.1) is 0 Å². The van der Waals surface area contributed by atoms with Crippen LogP contribution in [0.1, 0.15) is 5.56 Å². The van der Waals surface area contributed by atoms with Crippen molar-refractivity contribution in [3.05, 3.63) is 26.0 Å². The van der Waals surface area contributed by atoms with Crippen molar-refractivity contribution >= 4 is 56.5 Å². The number of phenols is 1. The van der Waals surface area contributed by atoms with E-state index in [1.807, 2.05) is 0 Å². The van der Waals surface area contributed by atoms with Gasteiger partial charge in [-0.3, -0.25) is 14.5 Å². The number of benzene rings is 1. The SMILES string of the molecule is COc1cc(/C=C2\SC(=O)N(C)C2=O)c(Br)c(Cl)c1O. The van der Waals surface area contributed by atoms with Gasteiger partial charge in [0.05, 0.1) is 12.0 Å². The number of thioether (sulfide) groups is 1. The Hall–Kier alpha value is -1.18. The molecule has 0 aromatic heterocycles. The lowest BCUT2D eigenvalue weighted by atomic mass is 10.2. The van der Waals surface area contributed by atoms with E-state index in [2.05, 4.69) is 15.9 Å². The van der Waals surface area contributed by atoms with Crippen LogP contribution in [-0.2, 0) is 4.79 Å². The Balaban J connectivity index is 2.52. The number of halogens is 2. The molecule has 0 radical (unpaired) electrons. The zero-order valence-corrected chi connectivity index (χ0v) is 13.6. The Kier molecular flexibility index (Phi) is 4.31. The molecule has 2 amide bonds. The van der Waals surface area contributed by atoms with Crippen molar-refractivity contribution in [2.75, 3.05) is 14.2 Å². The summed E-state index contributed by atoms with van der Waals surface area (Å²) in [7, 11) is 2.81. The quantitative estimate of drug-likeness (QED) is 0.798. The first-order valence-corrected chi connectivity index (χ1v) is 7.32. The monoisotopic (exact) mass is 377 g/mol. The highest BCUT2D eigenvalue weighted by molar-refractivity contribution is 9.10. The molecule has 0 atom stereocenters. The maximum atomic E-state index is 11.8. The molecular weight excluding hydrogens is 370 g/mol. The number of carbonyl (C=O) groups is 2. The number of hydrogen-bond acceptors (Lipinski definition) is 5. The molecule has 1 aromatic carbocycles.